The molecule has 0 spiro atoms. The summed E-state index contributed by atoms with van der Waals surface area (Å²) in [5, 5.41) is 3.35. The van der Waals surface area contributed by atoms with Crippen molar-refractivity contribution < 1.29 is 9.53 Å². The Morgan fingerprint density at radius 3 is 2.25 bits per heavy atom. The van der Waals surface area contributed by atoms with Gasteiger partial charge < -0.3 is 10.1 Å². The maximum absolute atomic E-state index is 11.4. The van der Waals surface area contributed by atoms with Gasteiger partial charge in [-0.15, -0.1) is 0 Å². The second-order valence-corrected chi connectivity index (χ2v) is 5.25. The summed E-state index contributed by atoms with van der Waals surface area (Å²) < 4.78 is 4.69. The molecule has 2 aromatic carbocycles. The number of carbonyl (C=O) groups is 1. The molecule has 0 saturated heterocycles. The van der Waals surface area contributed by atoms with Gasteiger partial charge in [0.15, 0.2) is 0 Å². The molecule has 0 unspecified atom stereocenters. The predicted octanol–water partition coefficient (Wildman–Crippen LogP) is 3.54. The fourth-order valence-electron chi connectivity index (χ4n) is 2.31. The lowest BCUT2D eigenvalue weighted by molar-refractivity contribution is 0.0600. The number of anilines is 1. The van der Waals surface area contributed by atoms with E-state index in [0.29, 0.717) is 12.1 Å². The molecular weight excluding hydrogens is 302 g/mol. The fraction of sp³-hybridized carbons (Fsp3) is 0.105. The summed E-state index contributed by atoms with van der Waals surface area (Å²) in [6.07, 6.45) is 5.10. The van der Waals surface area contributed by atoms with Crippen molar-refractivity contribution >= 4 is 11.7 Å². The summed E-state index contributed by atoms with van der Waals surface area (Å²) in [5.41, 5.74) is 4.72. The first-order valence-corrected chi connectivity index (χ1v) is 7.53. The first kappa shape index (κ1) is 15.7. The molecule has 0 aliphatic carbocycles. The molecule has 3 aromatic rings. The van der Waals surface area contributed by atoms with Gasteiger partial charge >= 0.3 is 5.97 Å². The lowest BCUT2D eigenvalue weighted by atomic mass is 10.1. The minimum atomic E-state index is -0.324. The Labute approximate surface area is 140 Å². The number of esters is 1. The quantitative estimate of drug-likeness (QED) is 0.729. The van der Waals surface area contributed by atoms with Crippen molar-refractivity contribution in [3.8, 4) is 11.1 Å². The van der Waals surface area contributed by atoms with Gasteiger partial charge in [-0.2, -0.15) is 0 Å². The lowest BCUT2D eigenvalue weighted by Crippen LogP contribution is -2.03. The molecule has 5 heteroatoms. The van der Waals surface area contributed by atoms with Crippen LogP contribution < -0.4 is 5.32 Å². The van der Waals surface area contributed by atoms with Crippen LogP contribution in [0, 0.1) is 0 Å². The number of ether oxygens (including phenoxy) is 1. The Balaban J connectivity index is 1.61. The zero-order valence-electron chi connectivity index (χ0n) is 13.3. The lowest BCUT2D eigenvalue weighted by Gasteiger charge is -2.08. The number of hydrogen-bond donors (Lipinski definition) is 1. The van der Waals surface area contributed by atoms with Crippen LogP contribution in [0.5, 0.6) is 0 Å². The zero-order valence-corrected chi connectivity index (χ0v) is 13.3. The summed E-state index contributed by atoms with van der Waals surface area (Å²) >= 11 is 0. The third kappa shape index (κ3) is 3.76. The molecule has 0 radical (unpaired) electrons. The third-order valence-corrected chi connectivity index (χ3v) is 3.65. The van der Waals surface area contributed by atoms with Crippen molar-refractivity contribution in [1.82, 2.24) is 9.97 Å². The summed E-state index contributed by atoms with van der Waals surface area (Å²) in [5.74, 6) is -0.324. The van der Waals surface area contributed by atoms with E-state index >= 15 is 0 Å². The van der Waals surface area contributed by atoms with Crippen LogP contribution in [-0.2, 0) is 11.3 Å². The number of nitrogens with zero attached hydrogens (tertiary/aromatic N) is 2. The molecule has 120 valence electrons. The average Bonchev–Trinajstić information content (AvgIpc) is 2.67. The van der Waals surface area contributed by atoms with E-state index in [1.165, 1.54) is 13.4 Å². The Bertz CT molecular complexity index is 800. The maximum atomic E-state index is 11.4. The van der Waals surface area contributed by atoms with Crippen LogP contribution in [0.1, 0.15) is 15.9 Å². The van der Waals surface area contributed by atoms with Crippen molar-refractivity contribution in [1.29, 1.82) is 0 Å². The predicted molar refractivity (Wildman–Crippen MR) is 92.6 cm³/mol. The normalized spacial score (nSPS) is 10.2. The molecule has 5 nitrogen and oxygen atoms in total. The van der Waals surface area contributed by atoms with Gasteiger partial charge in [0.05, 0.1) is 12.7 Å². The highest BCUT2D eigenvalue weighted by molar-refractivity contribution is 5.89. The zero-order chi connectivity index (χ0) is 16.8. The van der Waals surface area contributed by atoms with Crippen LogP contribution in [0.15, 0.2) is 67.3 Å². The number of hydrogen-bond acceptors (Lipinski definition) is 5. The van der Waals surface area contributed by atoms with E-state index < -0.39 is 0 Å². The van der Waals surface area contributed by atoms with Gasteiger partial charge in [-0.3, -0.25) is 0 Å². The summed E-state index contributed by atoms with van der Waals surface area (Å²) in [6.45, 7) is 0.676. The van der Waals surface area contributed by atoms with Gasteiger partial charge in [-0.25, -0.2) is 14.8 Å². The van der Waals surface area contributed by atoms with E-state index in [2.05, 4.69) is 20.0 Å². The minimum absolute atomic E-state index is 0.324. The van der Waals surface area contributed by atoms with Crippen LogP contribution in [0.2, 0.25) is 0 Å². The first-order valence-electron chi connectivity index (χ1n) is 7.53. The van der Waals surface area contributed by atoms with Crippen LogP contribution in [0.3, 0.4) is 0 Å². The van der Waals surface area contributed by atoms with Crippen molar-refractivity contribution in [2.24, 2.45) is 0 Å². The van der Waals surface area contributed by atoms with Gasteiger partial charge in [0.1, 0.15) is 6.33 Å². The molecule has 0 aliphatic rings. The molecule has 1 N–H and O–H groups in total. The highest BCUT2D eigenvalue weighted by atomic mass is 16.5. The smallest absolute Gasteiger partial charge is 0.337 e. The highest BCUT2D eigenvalue weighted by Gasteiger charge is 2.04. The van der Waals surface area contributed by atoms with Crippen molar-refractivity contribution in [2.45, 2.75) is 6.54 Å². The topological polar surface area (TPSA) is 64.1 Å². The van der Waals surface area contributed by atoms with Crippen molar-refractivity contribution in [3.05, 3.63) is 78.4 Å². The van der Waals surface area contributed by atoms with Crippen molar-refractivity contribution in [3.63, 3.8) is 0 Å². The Morgan fingerprint density at radius 1 is 0.958 bits per heavy atom. The minimum Gasteiger partial charge on any atom is -0.465 e. The molecule has 1 heterocycles. The van der Waals surface area contributed by atoms with E-state index in [0.717, 1.165) is 22.4 Å². The number of aromatic nitrogens is 2. The number of methoxy groups -OCH3 is 1. The standard InChI is InChI=1S/C19H17N3O2/c1-24-19(23)16-4-2-14(3-5-16)10-22-18-8-6-15(7-9-18)17-11-20-13-21-12-17/h2-9,11-13,22H,10H2,1H3. The summed E-state index contributed by atoms with van der Waals surface area (Å²) in [6, 6.07) is 15.5. The molecular formula is C19H17N3O2. The molecule has 0 saturated carbocycles. The number of carbonyl (C=O) groups excluding carboxylic acids is 1. The van der Waals surface area contributed by atoms with Crippen LogP contribution in [0.4, 0.5) is 5.69 Å². The fourth-order valence-corrected chi connectivity index (χ4v) is 2.31. The largest absolute Gasteiger partial charge is 0.465 e. The Kier molecular flexibility index (Phi) is 4.81. The maximum Gasteiger partial charge on any atom is 0.337 e. The average molecular weight is 319 g/mol. The summed E-state index contributed by atoms with van der Waals surface area (Å²) in [4.78, 5) is 19.5. The van der Waals surface area contributed by atoms with Gasteiger partial charge in [0.2, 0.25) is 0 Å². The second-order valence-electron chi connectivity index (χ2n) is 5.25. The molecule has 0 fully saturated rings. The molecule has 0 aliphatic heterocycles. The van der Waals surface area contributed by atoms with Gasteiger partial charge in [0, 0.05) is 30.2 Å². The van der Waals surface area contributed by atoms with Crippen LogP contribution in [-0.4, -0.2) is 23.0 Å². The molecule has 0 amide bonds. The highest BCUT2D eigenvalue weighted by Crippen LogP contribution is 2.20. The molecule has 0 atom stereocenters. The Morgan fingerprint density at radius 2 is 1.62 bits per heavy atom. The molecule has 1 aromatic heterocycles. The second kappa shape index (κ2) is 7.37. The molecule has 24 heavy (non-hydrogen) atoms. The molecule has 0 bridgehead atoms. The van der Waals surface area contributed by atoms with Gasteiger partial charge in [0.25, 0.3) is 0 Å². The SMILES string of the molecule is COC(=O)c1ccc(CNc2ccc(-c3cncnc3)cc2)cc1. The monoisotopic (exact) mass is 319 g/mol. The van der Waals surface area contributed by atoms with Crippen LogP contribution >= 0.6 is 0 Å². The van der Waals surface area contributed by atoms with E-state index in [9.17, 15) is 4.79 Å². The first-order chi connectivity index (χ1) is 11.8. The van der Waals surface area contributed by atoms with Gasteiger partial charge in [-0.1, -0.05) is 24.3 Å². The molecule has 3 rings (SSSR count). The Hall–Kier alpha value is -3.21. The van der Waals surface area contributed by atoms with Crippen LogP contribution in [0.25, 0.3) is 11.1 Å². The number of rotatable bonds is 5. The van der Waals surface area contributed by atoms with E-state index in [-0.39, 0.29) is 5.97 Å². The third-order valence-electron chi connectivity index (χ3n) is 3.65. The van der Waals surface area contributed by atoms with E-state index in [1.54, 1.807) is 24.5 Å². The number of benzene rings is 2. The van der Waals surface area contributed by atoms with E-state index in [1.807, 2.05) is 36.4 Å². The summed E-state index contributed by atoms with van der Waals surface area (Å²) in [7, 11) is 1.38. The van der Waals surface area contributed by atoms with E-state index in [4.69, 9.17) is 0 Å². The van der Waals surface area contributed by atoms with Gasteiger partial charge in [-0.05, 0) is 35.4 Å². The number of nitrogens with one attached hydrogen (secondary N) is 1. The van der Waals surface area contributed by atoms with Crippen molar-refractivity contribution in [2.75, 3.05) is 12.4 Å².